The lowest BCUT2D eigenvalue weighted by Crippen LogP contribution is -2.50. The van der Waals surface area contributed by atoms with Crippen LogP contribution in [0.4, 0.5) is 20.2 Å². The van der Waals surface area contributed by atoms with Crippen molar-refractivity contribution in [3.05, 3.63) is 59.8 Å². The van der Waals surface area contributed by atoms with Crippen LogP contribution in [-0.2, 0) is 11.2 Å². The zero-order valence-electron chi connectivity index (χ0n) is 20.5. The number of aromatic nitrogens is 3. The third-order valence-electron chi connectivity index (χ3n) is 5.94. The summed E-state index contributed by atoms with van der Waals surface area (Å²) in [4.78, 5) is 26.1. The molecule has 35 heavy (non-hydrogen) atoms. The highest BCUT2D eigenvalue weighted by Gasteiger charge is 2.36. The number of halogens is 2. The van der Waals surface area contributed by atoms with Crippen LogP contribution in [0.5, 0.6) is 5.75 Å². The molecule has 2 aromatic heterocycles. The highest BCUT2D eigenvalue weighted by Crippen LogP contribution is 2.43. The molecule has 1 aliphatic rings. The second kappa shape index (κ2) is 9.56. The van der Waals surface area contributed by atoms with Gasteiger partial charge in [0.1, 0.15) is 17.1 Å². The number of rotatable bonds is 6. The lowest BCUT2D eigenvalue weighted by atomic mass is 10.00. The third-order valence-corrected chi connectivity index (χ3v) is 5.94. The number of fused-ring (bicyclic) bond motifs is 1. The number of anilines is 2. The topological polar surface area (TPSA) is 80.2 Å². The standard InChI is InChI=1S/C26H29F2N5O2/c1-6-15(2)33-14-26(4,5)35-25-20(27)9-17(10-22(25)33)24-21(28)13-30-23(32-24)11-18-7-8-19(12-29-18)31-16(3)34/h7-10,12-13,15H,6,11,14H2,1-5H3,(H,31,34). The van der Waals surface area contributed by atoms with Gasteiger partial charge in [-0.1, -0.05) is 6.92 Å². The zero-order chi connectivity index (χ0) is 25.3. The van der Waals surface area contributed by atoms with Crippen molar-refractivity contribution < 1.29 is 18.3 Å². The molecule has 0 spiro atoms. The number of amides is 1. The minimum absolute atomic E-state index is 0.0144. The van der Waals surface area contributed by atoms with Gasteiger partial charge in [-0.05, 0) is 51.5 Å². The molecular weight excluding hydrogens is 452 g/mol. The van der Waals surface area contributed by atoms with E-state index < -0.39 is 17.2 Å². The molecule has 1 aliphatic heterocycles. The molecule has 0 fully saturated rings. The molecule has 3 aromatic rings. The molecule has 7 nitrogen and oxygen atoms in total. The van der Waals surface area contributed by atoms with Gasteiger partial charge in [-0.15, -0.1) is 0 Å². The summed E-state index contributed by atoms with van der Waals surface area (Å²) in [7, 11) is 0. The molecule has 0 saturated heterocycles. The fraction of sp³-hybridized carbons (Fsp3) is 0.385. The van der Waals surface area contributed by atoms with Crippen molar-refractivity contribution >= 4 is 17.3 Å². The Morgan fingerprint density at radius 2 is 1.97 bits per heavy atom. The number of hydrogen-bond acceptors (Lipinski definition) is 6. The van der Waals surface area contributed by atoms with Crippen molar-refractivity contribution in [1.82, 2.24) is 15.0 Å². The lowest BCUT2D eigenvalue weighted by Gasteiger charge is -2.44. The van der Waals surface area contributed by atoms with Gasteiger partial charge in [0.15, 0.2) is 17.4 Å². The maximum atomic E-state index is 15.3. The molecule has 1 N–H and O–H groups in total. The molecule has 1 atom stereocenters. The number of carbonyl (C=O) groups excluding carboxylic acids is 1. The molecule has 3 heterocycles. The zero-order valence-corrected chi connectivity index (χ0v) is 20.5. The van der Waals surface area contributed by atoms with Crippen molar-refractivity contribution in [2.45, 2.75) is 59.1 Å². The first-order valence-corrected chi connectivity index (χ1v) is 11.6. The first-order chi connectivity index (χ1) is 16.6. The molecule has 184 valence electrons. The van der Waals surface area contributed by atoms with Crippen LogP contribution in [0.3, 0.4) is 0 Å². The second-order valence-electron chi connectivity index (χ2n) is 9.43. The Hall–Kier alpha value is -3.62. The van der Waals surface area contributed by atoms with Crippen LogP contribution in [0.15, 0.2) is 36.7 Å². The smallest absolute Gasteiger partial charge is 0.221 e. The van der Waals surface area contributed by atoms with Crippen LogP contribution < -0.4 is 15.0 Å². The van der Waals surface area contributed by atoms with E-state index in [9.17, 15) is 9.18 Å². The maximum absolute atomic E-state index is 15.3. The monoisotopic (exact) mass is 481 g/mol. The van der Waals surface area contributed by atoms with Gasteiger partial charge in [-0.25, -0.2) is 18.7 Å². The number of nitrogens with zero attached hydrogens (tertiary/aromatic N) is 4. The number of nitrogens with one attached hydrogen (secondary N) is 1. The normalized spacial score (nSPS) is 15.2. The molecule has 1 aromatic carbocycles. The summed E-state index contributed by atoms with van der Waals surface area (Å²) in [5.41, 5.74) is 1.57. The Balaban J connectivity index is 1.68. The van der Waals surface area contributed by atoms with Gasteiger partial charge in [0.25, 0.3) is 0 Å². The van der Waals surface area contributed by atoms with E-state index in [-0.39, 0.29) is 29.8 Å². The first kappa shape index (κ1) is 24.5. The fourth-order valence-corrected chi connectivity index (χ4v) is 4.11. The number of ether oxygens (including phenoxy) is 1. The summed E-state index contributed by atoms with van der Waals surface area (Å²) in [5.74, 6) is -0.884. The Morgan fingerprint density at radius 3 is 2.63 bits per heavy atom. The fourth-order valence-electron chi connectivity index (χ4n) is 4.11. The summed E-state index contributed by atoms with van der Waals surface area (Å²) in [6.07, 6.45) is 3.73. The summed E-state index contributed by atoms with van der Waals surface area (Å²) in [6, 6.07) is 6.58. The van der Waals surface area contributed by atoms with Crippen LogP contribution in [0.25, 0.3) is 11.3 Å². The SMILES string of the molecule is CCC(C)N1CC(C)(C)Oc2c(F)cc(-c3nc(Cc4ccc(NC(C)=O)cn4)ncc3F)cc21. The van der Waals surface area contributed by atoms with Crippen LogP contribution in [0.2, 0.25) is 0 Å². The number of carbonyl (C=O) groups is 1. The van der Waals surface area contributed by atoms with Gasteiger partial charge in [-0.2, -0.15) is 0 Å². The largest absolute Gasteiger partial charge is 0.481 e. The van der Waals surface area contributed by atoms with Gasteiger partial charge >= 0.3 is 0 Å². The van der Waals surface area contributed by atoms with Gasteiger partial charge in [0.05, 0.1) is 36.7 Å². The highest BCUT2D eigenvalue weighted by atomic mass is 19.1. The van der Waals surface area contributed by atoms with E-state index in [1.54, 1.807) is 18.2 Å². The van der Waals surface area contributed by atoms with E-state index in [0.29, 0.717) is 35.0 Å². The van der Waals surface area contributed by atoms with Crippen LogP contribution in [-0.4, -0.2) is 39.0 Å². The quantitative estimate of drug-likeness (QED) is 0.525. The minimum atomic E-state index is -0.644. The molecule has 0 aliphatic carbocycles. The van der Waals surface area contributed by atoms with E-state index in [1.165, 1.54) is 19.2 Å². The van der Waals surface area contributed by atoms with Crippen molar-refractivity contribution in [3.8, 4) is 17.0 Å². The van der Waals surface area contributed by atoms with Gasteiger partial charge in [0, 0.05) is 24.2 Å². The first-order valence-electron chi connectivity index (χ1n) is 11.6. The predicted molar refractivity (Wildman–Crippen MR) is 131 cm³/mol. The Labute approximate surface area is 203 Å². The third kappa shape index (κ3) is 5.39. The summed E-state index contributed by atoms with van der Waals surface area (Å²) in [5, 5.41) is 2.65. The lowest BCUT2D eigenvalue weighted by molar-refractivity contribution is -0.114. The Kier molecular flexibility index (Phi) is 6.69. The van der Waals surface area contributed by atoms with Crippen LogP contribution in [0.1, 0.15) is 52.6 Å². The van der Waals surface area contributed by atoms with E-state index in [1.807, 2.05) is 13.8 Å². The number of hydrogen-bond donors (Lipinski definition) is 1. The predicted octanol–water partition coefficient (Wildman–Crippen LogP) is 5.14. The van der Waals surface area contributed by atoms with Gasteiger partial charge in [0.2, 0.25) is 5.91 Å². The summed E-state index contributed by atoms with van der Waals surface area (Å²) >= 11 is 0. The summed E-state index contributed by atoms with van der Waals surface area (Å²) < 4.78 is 36.0. The Bertz CT molecular complexity index is 1250. The molecular formula is C26H29F2N5O2. The number of pyridine rings is 1. The van der Waals surface area contributed by atoms with Gasteiger partial charge in [-0.3, -0.25) is 9.78 Å². The maximum Gasteiger partial charge on any atom is 0.221 e. The molecule has 9 heteroatoms. The Morgan fingerprint density at radius 1 is 1.20 bits per heavy atom. The van der Waals surface area contributed by atoms with Gasteiger partial charge < -0.3 is 15.0 Å². The van der Waals surface area contributed by atoms with Crippen LogP contribution >= 0.6 is 0 Å². The van der Waals surface area contributed by atoms with E-state index in [0.717, 1.165) is 12.6 Å². The molecule has 0 bridgehead atoms. The van der Waals surface area contributed by atoms with Crippen LogP contribution in [0, 0.1) is 11.6 Å². The average Bonchev–Trinajstić information content (AvgIpc) is 2.80. The molecule has 1 amide bonds. The summed E-state index contributed by atoms with van der Waals surface area (Å²) in [6.45, 7) is 9.98. The molecule has 4 rings (SSSR count). The number of benzene rings is 1. The average molecular weight is 482 g/mol. The van der Waals surface area contributed by atoms with E-state index in [2.05, 4.69) is 39.0 Å². The van der Waals surface area contributed by atoms with Crippen molar-refractivity contribution in [2.24, 2.45) is 0 Å². The molecule has 0 radical (unpaired) electrons. The van der Waals surface area contributed by atoms with Crippen molar-refractivity contribution in [1.29, 1.82) is 0 Å². The van der Waals surface area contributed by atoms with E-state index in [4.69, 9.17) is 4.74 Å². The minimum Gasteiger partial charge on any atom is -0.481 e. The van der Waals surface area contributed by atoms with Crippen molar-refractivity contribution in [3.63, 3.8) is 0 Å². The molecule has 0 saturated carbocycles. The van der Waals surface area contributed by atoms with E-state index >= 15 is 4.39 Å². The second-order valence-corrected chi connectivity index (χ2v) is 9.43. The highest BCUT2D eigenvalue weighted by molar-refractivity contribution is 5.88. The van der Waals surface area contributed by atoms with Crippen molar-refractivity contribution in [2.75, 3.05) is 16.8 Å². The molecule has 1 unspecified atom stereocenters.